The first-order chi connectivity index (χ1) is 8.78. The maximum absolute atomic E-state index is 11.1. The first-order valence-corrected chi connectivity index (χ1v) is 6.38. The second-order valence-corrected chi connectivity index (χ2v) is 4.97. The molecule has 94 valence electrons. The monoisotopic (exact) mass is 262 g/mol. The highest BCUT2D eigenvalue weighted by molar-refractivity contribution is 7.12. The SMILES string of the molecule is COC(=O)Cc1ccc(CNc2cccnc2)s1. The van der Waals surface area contributed by atoms with Gasteiger partial charge in [0, 0.05) is 28.7 Å². The van der Waals surface area contributed by atoms with E-state index in [1.54, 1.807) is 23.7 Å². The number of hydrogen-bond acceptors (Lipinski definition) is 5. The van der Waals surface area contributed by atoms with Crippen molar-refractivity contribution >= 4 is 23.0 Å². The summed E-state index contributed by atoms with van der Waals surface area (Å²) in [5.74, 6) is -0.205. The lowest BCUT2D eigenvalue weighted by molar-refractivity contribution is -0.139. The smallest absolute Gasteiger partial charge is 0.310 e. The number of nitrogens with zero attached hydrogens (tertiary/aromatic N) is 1. The van der Waals surface area contributed by atoms with E-state index in [1.807, 2.05) is 24.3 Å². The molecule has 0 aliphatic carbocycles. The van der Waals surface area contributed by atoms with Crippen LogP contribution in [-0.2, 0) is 22.5 Å². The molecule has 2 heterocycles. The minimum Gasteiger partial charge on any atom is -0.469 e. The molecule has 0 spiro atoms. The van der Waals surface area contributed by atoms with Gasteiger partial charge in [-0.3, -0.25) is 9.78 Å². The normalized spacial score (nSPS) is 10.1. The molecule has 4 nitrogen and oxygen atoms in total. The highest BCUT2D eigenvalue weighted by Crippen LogP contribution is 2.18. The van der Waals surface area contributed by atoms with Crippen molar-refractivity contribution in [2.75, 3.05) is 12.4 Å². The molecule has 0 amide bonds. The number of ether oxygens (including phenoxy) is 1. The number of nitrogens with one attached hydrogen (secondary N) is 1. The molecule has 0 aliphatic rings. The van der Waals surface area contributed by atoms with Gasteiger partial charge in [-0.05, 0) is 24.3 Å². The van der Waals surface area contributed by atoms with E-state index in [0.29, 0.717) is 6.42 Å². The minimum absolute atomic E-state index is 0.205. The van der Waals surface area contributed by atoms with Crippen molar-refractivity contribution in [2.24, 2.45) is 0 Å². The summed E-state index contributed by atoms with van der Waals surface area (Å²) < 4.78 is 4.64. The summed E-state index contributed by atoms with van der Waals surface area (Å²) in [4.78, 5) is 17.4. The Hall–Kier alpha value is -1.88. The van der Waals surface area contributed by atoms with Crippen molar-refractivity contribution in [3.63, 3.8) is 0 Å². The van der Waals surface area contributed by atoms with E-state index in [-0.39, 0.29) is 5.97 Å². The van der Waals surface area contributed by atoms with Crippen molar-refractivity contribution < 1.29 is 9.53 Å². The van der Waals surface area contributed by atoms with Gasteiger partial charge in [-0.15, -0.1) is 11.3 Å². The van der Waals surface area contributed by atoms with Gasteiger partial charge < -0.3 is 10.1 Å². The number of esters is 1. The van der Waals surface area contributed by atoms with Crippen molar-refractivity contribution in [3.05, 3.63) is 46.4 Å². The fourth-order valence-electron chi connectivity index (χ4n) is 1.48. The van der Waals surface area contributed by atoms with Gasteiger partial charge in [0.05, 0.1) is 19.2 Å². The summed E-state index contributed by atoms with van der Waals surface area (Å²) >= 11 is 1.61. The Balaban J connectivity index is 1.89. The molecular formula is C13H14N2O2S. The van der Waals surface area contributed by atoms with Gasteiger partial charge in [0.15, 0.2) is 0 Å². The summed E-state index contributed by atoms with van der Waals surface area (Å²) in [6, 6.07) is 7.84. The van der Waals surface area contributed by atoms with Crippen molar-refractivity contribution in [1.29, 1.82) is 0 Å². The summed E-state index contributed by atoms with van der Waals surface area (Å²) in [6.07, 6.45) is 3.86. The van der Waals surface area contributed by atoms with Crippen LogP contribution in [0.5, 0.6) is 0 Å². The zero-order valence-electron chi connectivity index (χ0n) is 10.1. The largest absolute Gasteiger partial charge is 0.469 e. The fraction of sp³-hybridized carbons (Fsp3) is 0.231. The lowest BCUT2D eigenvalue weighted by atomic mass is 10.3. The molecule has 2 aromatic heterocycles. The van der Waals surface area contributed by atoms with Gasteiger partial charge in [-0.1, -0.05) is 0 Å². The zero-order valence-corrected chi connectivity index (χ0v) is 10.9. The quantitative estimate of drug-likeness (QED) is 0.841. The van der Waals surface area contributed by atoms with Crippen LogP contribution >= 0.6 is 11.3 Å². The van der Waals surface area contributed by atoms with Gasteiger partial charge in [-0.25, -0.2) is 0 Å². The average molecular weight is 262 g/mol. The second-order valence-electron chi connectivity index (χ2n) is 3.72. The summed E-state index contributed by atoms with van der Waals surface area (Å²) in [5.41, 5.74) is 0.986. The van der Waals surface area contributed by atoms with E-state index in [2.05, 4.69) is 15.0 Å². The van der Waals surface area contributed by atoms with Crippen LogP contribution in [0.4, 0.5) is 5.69 Å². The maximum atomic E-state index is 11.1. The molecule has 0 fully saturated rings. The third-order valence-electron chi connectivity index (χ3n) is 2.39. The van der Waals surface area contributed by atoms with E-state index in [4.69, 9.17) is 0 Å². The van der Waals surface area contributed by atoms with Crippen LogP contribution in [0.2, 0.25) is 0 Å². The Kier molecular flexibility index (Phi) is 4.30. The first-order valence-electron chi connectivity index (χ1n) is 5.56. The third kappa shape index (κ3) is 3.56. The molecule has 5 heteroatoms. The predicted octanol–water partition coefficient (Wildman–Crippen LogP) is 2.47. The number of hydrogen-bond donors (Lipinski definition) is 1. The van der Waals surface area contributed by atoms with Crippen LogP contribution in [0.1, 0.15) is 9.75 Å². The van der Waals surface area contributed by atoms with E-state index in [9.17, 15) is 4.79 Å². The number of carbonyl (C=O) groups excluding carboxylic acids is 1. The Labute approximate surface area is 110 Å². The summed E-state index contributed by atoms with van der Waals surface area (Å²) in [7, 11) is 1.40. The molecule has 2 rings (SSSR count). The van der Waals surface area contributed by atoms with Crippen LogP contribution in [0, 0.1) is 0 Å². The average Bonchev–Trinajstić information content (AvgIpc) is 2.85. The molecule has 0 bridgehead atoms. The summed E-state index contributed by atoms with van der Waals surface area (Å²) in [5, 5.41) is 3.27. The lowest BCUT2D eigenvalue weighted by Gasteiger charge is -2.02. The molecule has 0 aliphatic heterocycles. The minimum atomic E-state index is -0.205. The molecule has 0 saturated heterocycles. The number of aromatic nitrogens is 1. The maximum Gasteiger partial charge on any atom is 0.310 e. The van der Waals surface area contributed by atoms with E-state index >= 15 is 0 Å². The van der Waals surface area contributed by atoms with Gasteiger partial charge in [0.1, 0.15) is 0 Å². The highest BCUT2D eigenvalue weighted by atomic mass is 32.1. The van der Waals surface area contributed by atoms with E-state index in [0.717, 1.165) is 17.1 Å². The lowest BCUT2D eigenvalue weighted by Crippen LogP contribution is -2.02. The fourth-order valence-corrected chi connectivity index (χ4v) is 2.43. The number of methoxy groups -OCH3 is 1. The molecule has 1 N–H and O–H groups in total. The Morgan fingerprint density at radius 2 is 2.22 bits per heavy atom. The number of carbonyl (C=O) groups is 1. The molecule has 0 aromatic carbocycles. The van der Waals surface area contributed by atoms with Crippen molar-refractivity contribution in [2.45, 2.75) is 13.0 Å². The van der Waals surface area contributed by atoms with E-state index in [1.165, 1.54) is 12.0 Å². The topological polar surface area (TPSA) is 51.2 Å². The number of thiophene rings is 1. The second kappa shape index (κ2) is 6.16. The zero-order chi connectivity index (χ0) is 12.8. The van der Waals surface area contributed by atoms with Gasteiger partial charge in [0.25, 0.3) is 0 Å². The molecule has 0 saturated carbocycles. The van der Waals surface area contributed by atoms with Crippen LogP contribution < -0.4 is 5.32 Å². The van der Waals surface area contributed by atoms with E-state index < -0.39 is 0 Å². The molecule has 18 heavy (non-hydrogen) atoms. The van der Waals surface area contributed by atoms with Crippen LogP contribution in [0.3, 0.4) is 0 Å². The highest BCUT2D eigenvalue weighted by Gasteiger charge is 2.06. The summed E-state index contributed by atoms with van der Waals surface area (Å²) in [6.45, 7) is 0.734. The molecule has 0 radical (unpaired) electrons. The van der Waals surface area contributed by atoms with Crippen molar-refractivity contribution in [3.8, 4) is 0 Å². The van der Waals surface area contributed by atoms with Gasteiger partial charge in [-0.2, -0.15) is 0 Å². The Bertz CT molecular complexity index is 511. The first kappa shape index (κ1) is 12.6. The number of pyridine rings is 1. The molecule has 0 unspecified atom stereocenters. The van der Waals surface area contributed by atoms with Crippen LogP contribution in [0.25, 0.3) is 0 Å². The molecule has 2 aromatic rings. The number of anilines is 1. The molecular weight excluding hydrogens is 248 g/mol. The predicted molar refractivity (Wildman–Crippen MR) is 71.6 cm³/mol. The molecule has 0 atom stereocenters. The van der Waals surface area contributed by atoms with Crippen LogP contribution in [0.15, 0.2) is 36.7 Å². The van der Waals surface area contributed by atoms with Gasteiger partial charge in [0.2, 0.25) is 0 Å². The Morgan fingerprint density at radius 1 is 1.39 bits per heavy atom. The van der Waals surface area contributed by atoms with Crippen molar-refractivity contribution in [1.82, 2.24) is 4.98 Å². The van der Waals surface area contributed by atoms with Gasteiger partial charge >= 0.3 is 5.97 Å². The third-order valence-corrected chi connectivity index (χ3v) is 3.48. The number of rotatable bonds is 5. The standard InChI is InChI=1S/C13H14N2O2S/c1-17-13(16)7-11-4-5-12(18-11)9-15-10-3-2-6-14-8-10/h2-6,8,15H,7,9H2,1H3. The van der Waals surface area contributed by atoms with Crippen LogP contribution in [-0.4, -0.2) is 18.1 Å². The Morgan fingerprint density at radius 3 is 2.94 bits per heavy atom.